The van der Waals surface area contributed by atoms with E-state index in [0.29, 0.717) is 12.5 Å². The van der Waals surface area contributed by atoms with Crippen LogP contribution in [0.4, 0.5) is 4.79 Å². The van der Waals surface area contributed by atoms with Crippen LogP contribution in [0.1, 0.15) is 6.42 Å². The lowest BCUT2D eigenvalue weighted by Crippen LogP contribution is -2.61. The van der Waals surface area contributed by atoms with Gasteiger partial charge in [0.05, 0.1) is 0 Å². The summed E-state index contributed by atoms with van der Waals surface area (Å²) in [4.78, 5) is 39.9. The molecule has 0 aliphatic carbocycles. The molecule has 0 aromatic heterocycles. The van der Waals surface area contributed by atoms with E-state index < -0.39 is 18.0 Å². The Morgan fingerprint density at radius 3 is 2.76 bits per heavy atom. The minimum absolute atomic E-state index is 0.0418. The third-order valence-electron chi connectivity index (χ3n) is 4.06. The van der Waals surface area contributed by atoms with Gasteiger partial charge in [-0.2, -0.15) is 0 Å². The van der Waals surface area contributed by atoms with Crippen LogP contribution in [0.25, 0.3) is 0 Å². The third-order valence-corrected chi connectivity index (χ3v) is 4.06. The van der Waals surface area contributed by atoms with Gasteiger partial charge in [-0.15, -0.1) is 0 Å². The number of hydrogen-bond acceptors (Lipinski definition) is 4. The van der Waals surface area contributed by atoms with Gasteiger partial charge >= 0.3 is 12.0 Å². The lowest BCUT2D eigenvalue weighted by molar-refractivity contribution is -0.144. The Balaban J connectivity index is 1.98. The van der Waals surface area contributed by atoms with Gasteiger partial charge in [-0.05, 0) is 25.9 Å². The normalized spacial score (nSPS) is 26.6. The zero-order valence-electron chi connectivity index (χ0n) is 12.4. The van der Waals surface area contributed by atoms with Crippen molar-refractivity contribution in [2.45, 2.75) is 12.5 Å². The monoisotopic (exact) mass is 298 g/mol. The molecule has 0 bridgehead atoms. The van der Waals surface area contributed by atoms with Crippen LogP contribution >= 0.6 is 0 Å². The van der Waals surface area contributed by atoms with Crippen molar-refractivity contribution in [3.05, 3.63) is 0 Å². The zero-order chi connectivity index (χ0) is 15.6. The Morgan fingerprint density at radius 1 is 1.48 bits per heavy atom. The van der Waals surface area contributed by atoms with Crippen LogP contribution in [-0.4, -0.2) is 90.6 Å². The van der Waals surface area contributed by atoms with E-state index in [1.807, 2.05) is 7.05 Å². The van der Waals surface area contributed by atoms with Gasteiger partial charge in [-0.3, -0.25) is 9.69 Å². The largest absolute Gasteiger partial charge is 0.480 e. The summed E-state index contributed by atoms with van der Waals surface area (Å²) in [5, 5.41) is 11.7. The second-order valence-corrected chi connectivity index (χ2v) is 5.87. The third kappa shape index (κ3) is 3.63. The zero-order valence-corrected chi connectivity index (χ0v) is 12.4. The molecule has 2 atom stereocenters. The summed E-state index contributed by atoms with van der Waals surface area (Å²) in [7, 11) is 3.70. The standard InChI is InChI=1S/C13H22N4O4/c1-15-4-3-9(6-15)7-16(2)13(21)17-8-11(18)14-5-10(17)12(19)20/h9-10H,3-8H2,1-2H3,(H,14,18)(H,19,20). The second kappa shape index (κ2) is 6.30. The first kappa shape index (κ1) is 15.6. The molecule has 2 rings (SSSR count). The van der Waals surface area contributed by atoms with Crippen molar-refractivity contribution >= 4 is 17.9 Å². The molecule has 21 heavy (non-hydrogen) atoms. The molecule has 3 amide bonds. The topological polar surface area (TPSA) is 93.2 Å². The van der Waals surface area contributed by atoms with Crippen molar-refractivity contribution in [3.8, 4) is 0 Å². The number of piperazine rings is 1. The van der Waals surface area contributed by atoms with Gasteiger partial charge in [0, 0.05) is 26.7 Å². The van der Waals surface area contributed by atoms with Gasteiger partial charge in [0.25, 0.3) is 0 Å². The number of hydrogen-bond donors (Lipinski definition) is 2. The molecule has 2 aliphatic rings. The van der Waals surface area contributed by atoms with Crippen LogP contribution in [0.15, 0.2) is 0 Å². The van der Waals surface area contributed by atoms with E-state index in [9.17, 15) is 19.5 Å². The molecule has 0 saturated carbocycles. The molecule has 2 heterocycles. The van der Waals surface area contributed by atoms with E-state index in [1.165, 1.54) is 4.90 Å². The highest BCUT2D eigenvalue weighted by molar-refractivity contribution is 5.90. The summed E-state index contributed by atoms with van der Waals surface area (Å²) in [6, 6.07) is -1.39. The summed E-state index contributed by atoms with van der Waals surface area (Å²) >= 11 is 0. The van der Waals surface area contributed by atoms with Crippen LogP contribution in [0.5, 0.6) is 0 Å². The highest BCUT2D eigenvalue weighted by Crippen LogP contribution is 2.16. The van der Waals surface area contributed by atoms with Gasteiger partial charge in [-0.1, -0.05) is 0 Å². The minimum Gasteiger partial charge on any atom is -0.480 e. The lowest BCUT2D eigenvalue weighted by atomic mass is 10.1. The van der Waals surface area contributed by atoms with Crippen molar-refractivity contribution < 1.29 is 19.5 Å². The number of likely N-dealkylation sites (tertiary alicyclic amines) is 1. The highest BCUT2D eigenvalue weighted by Gasteiger charge is 2.37. The Kier molecular flexibility index (Phi) is 4.66. The van der Waals surface area contributed by atoms with E-state index >= 15 is 0 Å². The van der Waals surface area contributed by atoms with Crippen molar-refractivity contribution in [1.82, 2.24) is 20.0 Å². The Labute approximate surface area is 123 Å². The lowest BCUT2D eigenvalue weighted by Gasteiger charge is -2.36. The minimum atomic E-state index is -1.10. The number of aliphatic carboxylic acids is 1. The fourth-order valence-electron chi connectivity index (χ4n) is 2.92. The Bertz CT molecular complexity index is 442. The second-order valence-electron chi connectivity index (χ2n) is 5.87. The summed E-state index contributed by atoms with van der Waals surface area (Å²) in [5.41, 5.74) is 0. The average Bonchev–Trinajstić information content (AvgIpc) is 2.82. The fourth-order valence-corrected chi connectivity index (χ4v) is 2.92. The average molecular weight is 298 g/mol. The van der Waals surface area contributed by atoms with E-state index in [2.05, 4.69) is 10.2 Å². The highest BCUT2D eigenvalue weighted by atomic mass is 16.4. The molecule has 118 valence electrons. The van der Waals surface area contributed by atoms with Gasteiger partial charge in [0.15, 0.2) is 0 Å². The molecule has 0 spiro atoms. The van der Waals surface area contributed by atoms with Crippen LogP contribution in [0, 0.1) is 5.92 Å². The fraction of sp³-hybridized carbons (Fsp3) is 0.769. The molecule has 2 aliphatic heterocycles. The number of carboxylic acid groups (broad SMARTS) is 1. The molecule has 2 fully saturated rings. The van der Waals surface area contributed by atoms with Crippen LogP contribution in [0.2, 0.25) is 0 Å². The molecule has 0 radical (unpaired) electrons. The van der Waals surface area contributed by atoms with Gasteiger partial charge in [0.2, 0.25) is 5.91 Å². The number of carbonyl (C=O) groups is 3. The van der Waals surface area contributed by atoms with Crippen LogP contribution in [0.3, 0.4) is 0 Å². The Morgan fingerprint density at radius 2 is 2.19 bits per heavy atom. The summed E-state index contributed by atoms with van der Waals surface area (Å²) in [6.45, 7) is 2.27. The number of rotatable bonds is 3. The quantitative estimate of drug-likeness (QED) is 0.688. The first-order valence-corrected chi connectivity index (χ1v) is 7.08. The maximum Gasteiger partial charge on any atom is 0.328 e. The van der Waals surface area contributed by atoms with Crippen molar-refractivity contribution in [2.75, 3.05) is 46.8 Å². The molecule has 8 heteroatoms. The Hall–Kier alpha value is -1.83. The number of nitrogens with one attached hydrogen (secondary N) is 1. The maximum absolute atomic E-state index is 12.4. The predicted octanol–water partition coefficient (Wildman–Crippen LogP) is -1.13. The molecule has 0 aromatic rings. The van der Waals surface area contributed by atoms with Gasteiger partial charge < -0.3 is 20.2 Å². The van der Waals surface area contributed by atoms with E-state index in [-0.39, 0.29) is 19.0 Å². The smallest absolute Gasteiger partial charge is 0.328 e. The van der Waals surface area contributed by atoms with Gasteiger partial charge in [-0.25, -0.2) is 9.59 Å². The number of amides is 3. The first-order valence-electron chi connectivity index (χ1n) is 7.08. The van der Waals surface area contributed by atoms with E-state index in [1.54, 1.807) is 7.05 Å². The van der Waals surface area contributed by atoms with Crippen molar-refractivity contribution in [2.24, 2.45) is 5.92 Å². The molecule has 2 saturated heterocycles. The summed E-state index contributed by atoms with van der Waals surface area (Å²) < 4.78 is 0. The molecule has 8 nitrogen and oxygen atoms in total. The van der Waals surface area contributed by atoms with E-state index in [4.69, 9.17) is 0 Å². The molecular formula is C13H22N4O4. The number of carbonyl (C=O) groups excluding carboxylic acids is 2. The number of nitrogens with zero attached hydrogens (tertiary/aromatic N) is 3. The van der Waals surface area contributed by atoms with Crippen molar-refractivity contribution in [3.63, 3.8) is 0 Å². The van der Waals surface area contributed by atoms with Crippen LogP contribution < -0.4 is 5.32 Å². The van der Waals surface area contributed by atoms with E-state index in [0.717, 1.165) is 24.4 Å². The molecule has 0 aromatic carbocycles. The van der Waals surface area contributed by atoms with Crippen LogP contribution in [-0.2, 0) is 9.59 Å². The summed E-state index contributed by atoms with van der Waals surface area (Å²) in [6.07, 6.45) is 1.02. The molecule has 2 N–H and O–H groups in total. The SMILES string of the molecule is CN1CCC(CN(C)C(=O)N2CC(=O)NCC2C(=O)O)C1. The molecule has 2 unspecified atom stereocenters. The number of carboxylic acids is 1. The first-order chi connectivity index (χ1) is 9.88. The number of urea groups is 1. The maximum atomic E-state index is 12.4. The van der Waals surface area contributed by atoms with Gasteiger partial charge in [0.1, 0.15) is 12.6 Å². The predicted molar refractivity (Wildman–Crippen MR) is 74.8 cm³/mol. The van der Waals surface area contributed by atoms with Crippen molar-refractivity contribution in [1.29, 1.82) is 0 Å². The molecular weight excluding hydrogens is 276 g/mol. The summed E-state index contributed by atoms with van der Waals surface area (Å²) in [5.74, 6) is -1.03.